The first-order chi connectivity index (χ1) is 12.5. The number of rotatable bonds is 6. The largest absolute Gasteiger partial charge is 0.496 e. The Kier molecular flexibility index (Phi) is 5.20. The van der Waals surface area contributed by atoms with Crippen LogP contribution in [0.2, 0.25) is 0 Å². The second kappa shape index (κ2) is 7.39. The lowest BCUT2D eigenvalue weighted by atomic mass is 10.1. The van der Waals surface area contributed by atoms with Crippen LogP contribution < -0.4 is 10.1 Å². The van der Waals surface area contributed by atoms with Crippen LogP contribution in [0.3, 0.4) is 0 Å². The molecule has 0 fully saturated rings. The van der Waals surface area contributed by atoms with Gasteiger partial charge >= 0.3 is 0 Å². The summed E-state index contributed by atoms with van der Waals surface area (Å²) in [5.74, 6) is -1.02. The minimum atomic E-state index is -0.893. The number of nitrogens with one attached hydrogen (secondary N) is 1. The molecule has 3 rings (SSSR count). The highest BCUT2D eigenvalue weighted by molar-refractivity contribution is 5.81. The zero-order valence-electron chi connectivity index (χ0n) is 15.1. The number of nitrogens with zero attached hydrogens (tertiary/aromatic N) is 2. The lowest BCUT2D eigenvalue weighted by Crippen LogP contribution is -2.23. The fourth-order valence-corrected chi connectivity index (χ4v) is 3.11. The molecule has 0 spiro atoms. The quantitative estimate of drug-likeness (QED) is 0.682. The smallest absolute Gasteiger partial charge is 0.161 e. The van der Waals surface area contributed by atoms with Crippen molar-refractivity contribution >= 4 is 11.0 Å². The number of benzene rings is 2. The zero-order valence-corrected chi connectivity index (χ0v) is 15.1. The Morgan fingerprint density at radius 2 is 2.00 bits per heavy atom. The van der Waals surface area contributed by atoms with Crippen molar-refractivity contribution in [3.05, 3.63) is 58.9 Å². The van der Waals surface area contributed by atoms with Gasteiger partial charge in [-0.1, -0.05) is 0 Å². The summed E-state index contributed by atoms with van der Waals surface area (Å²) in [5.41, 5.74) is 3.44. The highest BCUT2D eigenvalue weighted by Gasteiger charge is 2.18. The second-order valence-electron chi connectivity index (χ2n) is 6.10. The van der Waals surface area contributed by atoms with Crippen molar-refractivity contribution in [2.75, 3.05) is 14.2 Å². The molecule has 0 radical (unpaired) electrons. The third kappa shape index (κ3) is 3.27. The summed E-state index contributed by atoms with van der Waals surface area (Å²) in [5, 5.41) is 3.23. The number of imidazole rings is 1. The van der Waals surface area contributed by atoms with Gasteiger partial charge in [0.1, 0.15) is 12.0 Å². The van der Waals surface area contributed by atoms with Gasteiger partial charge in [0, 0.05) is 26.3 Å². The lowest BCUT2D eigenvalue weighted by molar-refractivity contribution is 0.0716. The van der Waals surface area contributed by atoms with E-state index in [1.165, 1.54) is 14.0 Å². The van der Waals surface area contributed by atoms with E-state index in [1.807, 2.05) is 23.7 Å². The molecule has 1 atom stereocenters. The SMILES string of the molecule is COc1ccc2ncn(C)c2c1CNC(OC)c1cc(C)c(F)c(F)c1. The average Bonchev–Trinajstić information content (AvgIpc) is 3.01. The number of ether oxygens (including phenoxy) is 2. The van der Waals surface area contributed by atoms with Crippen LogP contribution in [-0.2, 0) is 18.3 Å². The Bertz CT molecular complexity index is 917. The van der Waals surface area contributed by atoms with E-state index in [9.17, 15) is 8.78 Å². The molecule has 0 saturated heterocycles. The molecule has 0 aliphatic carbocycles. The van der Waals surface area contributed by atoms with Crippen LogP contribution in [0, 0.1) is 18.6 Å². The first-order valence-corrected chi connectivity index (χ1v) is 8.14. The maximum Gasteiger partial charge on any atom is 0.161 e. The summed E-state index contributed by atoms with van der Waals surface area (Å²) in [4.78, 5) is 4.35. The molecular weight excluding hydrogens is 340 g/mol. The van der Waals surface area contributed by atoms with Crippen LogP contribution in [0.15, 0.2) is 30.6 Å². The highest BCUT2D eigenvalue weighted by atomic mass is 19.2. The number of fused-ring (bicyclic) bond motifs is 1. The van der Waals surface area contributed by atoms with E-state index < -0.39 is 17.9 Å². The van der Waals surface area contributed by atoms with E-state index in [0.717, 1.165) is 22.7 Å². The van der Waals surface area contributed by atoms with Crippen molar-refractivity contribution in [3.63, 3.8) is 0 Å². The fraction of sp³-hybridized carbons (Fsp3) is 0.316. The van der Waals surface area contributed by atoms with Gasteiger partial charge in [-0.3, -0.25) is 5.32 Å². The highest BCUT2D eigenvalue weighted by Crippen LogP contribution is 2.28. The molecule has 3 aromatic rings. The summed E-state index contributed by atoms with van der Waals surface area (Å²) in [6.07, 6.45) is 1.14. The predicted octanol–water partition coefficient (Wildman–Crippen LogP) is 3.60. The Morgan fingerprint density at radius 1 is 1.23 bits per heavy atom. The molecule has 1 N–H and O–H groups in total. The number of aromatic nitrogens is 2. The molecule has 1 unspecified atom stereocenters. The molecule has 26 heavy (non-hydrogen) atoms. The first-order valence-electron chi connectivity index (χ1n) is 8.14. The summed E-state index contributed by atoms with van der Waals surface area (Å²) in [6.45, 7) is 1.92. The van der Waals surface area contributed by atoms with Gasteiger partial charge in [0.2, 0.25) is 0 Å². The van der Waals surface area contributed by atoms with Crippen molar-refractivity contribution in [1.82, 2.24) is 14.9 Å². The van der Waals surface area contributed by atoms with Gasteiger partial charge in [-0.2, -0.15) is 0 Å². The maximum absolute atomic E-state index is 13.7. The van der Waals surface area contributed by atoms with Crippen LogP contribution in [0.1, 0.15) is 22.9 Å². The molecule has 2 aromatic carbocycles. The number of methoxy groups -OCH3 is 2. The van der Waals surface area contributed by atoms with Crippen LogP contribution in [0.4, 0.5) is 8.78 Å². The number of hydrogen-bond donors (Lipinski definition) is 1. The molecule has 0 amide bonds. The van der Waals surface area contributed by atoms with E-state index in [2.05, 4.69) is 10.3 Å². The van der Waals surface area contributed by atoms with Gasteiger partial charge < -0.3 is 14.0 Å². The van der Waals surface area contributed by atoms with Crippen molar-refractivity contribution in [3.8, 4) is 5.75 Å². The lowest BCUT2D eigenvalue weighted by Gasteiger charge is -2.20. The van der Waals surface area contributed by atoms with Crippen molar-refractivity contribution in [2.45, 2.75) is 19.7 Å². The number of halogens is 2. The summed E-state index contributed by atoms with van der Waals surface area (Å²) >= 11 is 0. The second-order valence-corrected chi connectivity index (χ2v) is 6.10. The van der Waals surface area contributed by atoms with Crippen LogP contribution >= 0.6 is 0 Å². The molecule has 0 aliphatic rings. The Labute approximate surface area is 150 Å². The summed E-state index contributed by atoms with van der Waals surface area (Å²) in [7, 11) is 5.02. The van der Waals surface area contributed by atoms with Crippen LogP contribution in [0.25, 0.3) is 11.0 Å². The Balaban J connectivity index is 1.92. The number of hydrogen-bond acceptors (Lipinski definition) is 4. The van der Waals surface area contributed by atoms with E-state index in [0.29, 0.717) is 17.9 Å². The standard InChI is InChI=1S/C19H21F2N3O2/c1-11-7-12(8-14(20)17(11)21)19(26-4)22-9-13-16(25-3)6-5-15-18(13)24(2)10-23-15/h5-8,10,19,22H,9H2,1-4H3. The van der Waals surface area contributed by atoms with Gasteiger partial charge in [-0.05, 0) is 42.3 Å². The van der Waals surface area contributed by atoms with Gasteiger partial charge in [0.05, 0.1) is 24.5 Å². The van der Waals surface area contributed by atoms with Crippen LogP contribution in [0.5, 0.6) is 5.75 Å². The van der Waals surface area contributed by atoms with Crippen molar-refractivity contribution in [1.29, 1.82) is 0 Å². The molecule has 0 saturated carbocycles. The Hall–Kier alpha value is -2.51. The van der Waals surface area contributed by atoms with E-state index in [4.69, 9.17) is 9.47 Å². The zero-order chi connectivity index (χ0) is 18.8. The van der Waals surface area contributed by atoms with E-state index >= 15 is 0 Å². The molecule has 1 heterocycles. The van der Waals surface area contributed by atoms with Crippen molar-refractivity contribution < 1.29 is 18.3 Å². The molecule has 138 valence electrons. The third-order valence-electron chi connectivity index (χ3n) is 4.40. The molecule has 0 aliphatic heterocycles. The monoisotopic (exact) mass is 361 g/mol. The third-order valence-corrected chi connectivity index (χ3v) is 4.40. The molecule has 0 bridgehead atoms. The number of aryl methyl sites for hydroxylation is 2. The minimum absolute atomic E-state index is 0.232. The summed E-state index contributed by atoms with van der Waals surface area (Å²) in [6, 6.07) is 6.47. The van der Waals surface area contributed by atoms with Gasteiger partial charge in [0.15, 0.2) is 11.6 Å². The van der Waals surface area contributed by atoms with Crippen molar-refractivity contribution in [2.24, 2.45) is 7.05 Å². The first kappa shape index (κ1) is 18.3. The van der Waals surface area contributed by atoms with E-state index in [1.54, 1.807) is 19.5 Å². The molecular formula is C19H21F2N3O2. The summed E-state index contributed by atoms with van der Waals surface area (Å²) < 4.78 is 40.1. The fourth-order valence-electron chi connectivity index (χ4n) is 3.11. The van der Waals surface area contributed by atoms with Crippen LogP contribution in [-0.4, -0.2) is 23.8 Å². The Morgan fingerprint density at radius 3 is 2.65 bits per heavy atom. The molecule has 1 aromatic heterocycles. The maximum atomic E-state index is 13.7. The van der Waals surface area contributed by atoms with Gasteiger partial charge in [0.25, 0.3) is 0 Å². The van der Waals surface area contributed by atoms with Gasteiger partial charge in [-0.15, -0.1) is 0 Å². The average molecular weight is 361 g/mol. The molecule has 5 nitrogen and oxygen atoms in total. The van der Waals surface area contributed by atoms with E-state index in [-0.39, 0.29) is 5.56 Å². The molecule has 7 heteroatoms. The predicted molar refractivity (Wildman–Crippen MR) is 95.0 cm³/mol. The topological polar surface area (TPSA) is 48.3 Å². The van der Waals surface area contributed by atoms with Gasteiger partial charge in [-0.25, -0.2) is 13.8 Å². The normalized spacial score (nSPS) is 12.5. The minimum Gasteiger partial charge on any atom is -0.496 e.